The minimum absolute atomic E-state index is 0.0184. The number of amides is 2. The van der Waals surface area contributed by atoms with Crippen LogP contribution in [0.5, 0.6) is 5.75 Å². The van der Waals surface area contributed by atoms with Crippen molar-refractivity contribution >= 4 is 17.5 Å². The highest BCUT2D eigenvalue weighted by molar-refractivity contribution is 5.99. The number of carbonyl (C=O) groups excluding carboxylic acids is 2. The number of ether oxygens (including phenoxy) is 2. The zero-order chi connectivity index (χ0) is 25.0. The van der Waals surface area contributed by atoms with Crippen LogP contribution in [0.2, 0.25) is 0 Å². The number of hydrogen-bond donors (Lipinski definition) is 1. The van der Waals surface area contributed by atoms with E-state index in [0.29, 0.717) is 17.8 Å². The molecule has 2 amide bonds. The number of alkyl halides is 3. The minimum Gasteiger partial charge on any atom is -0.491 e. The van der Waals surface area contributed by atoms with Gasteiger partial charge in [0.25, 0.3) is 5.91 Å². The lowest BCUT2D eigenvalue weighted by molar-refractivity contribution is -0.140. The molecule has 1 aliphatic carbocycles. The summed E-state index contributed by atoms with van der Waals surface area (Å²) < 4.78 is 50.5. The zero-order valence-electron chi connectivity index (χ0n) is 20.2. The molecule has 3 atom stereocenters. The Morgan fingerprint density at radius 3 is 2.56 bits per heavy atom. The Labute approximate surface area is 198 Å². The van der Waals surface area contributed by atoms with E-state index >= 15 is 0 Å². The van der Waals surface area contributed by atoms with Gasteiger partial charge in [-0.25, -0.2) is 0 Å². The average molecular weight is 486 g/mol. The van der Waals surface area contributed by atoms with Gasteiger partial charge in [-0.3, -0.25) is 14.5 Å². The van der Waals surface area contributed by atoms with Crippen LogP contribution in [0.15, 0.2) is 18.2 Å². The Morgan fingerprint density at radius 1 is 1.24 bits per heavy atom. The van der Waals surface area contributed by atoms with Gasteiger partial charge in [-0.1, -0.05) is 6.92 Å². The van der Waals surface area contributed by atoms with E-state index in [9.17, 15) is 22.8 Å². The predicted molar refractivity (Wildman–Crippen MR) is 122 cm³/mol. The van der Waals surface area contributed by atoms with E-state index in [0.717, 1.165) is 12.8 Å². The Bertz CT molecular complexity index is 876. The van der Waals surface area contributed by atoms with Gasteiger partial charge in [0.2, 0.25) is 5.91 Å². The van der Waals surface area contributed by atoms with E-state index in [4.69, 9.17) is 9.47 Å². The average Bonchev–Trinajstić information content (AvgIpc) is 3.62. The van der Waals surface area contributed by atoms with Gasteiger partial charge in [0.15, 0.2) is 0 Å². The second-order valence-corrected chi connectivity index (χ2v) is 9.43. The third-order valence-electron chi connectivity index (χ3n) is 6.47. The molecule has 0 saturated heterocycles. The summed E-state index contributed by atoms with van der Waals surface area (Å²) >= 11 is 0. The van der Waals surface area contributed by atoms with Crippen molar-refractivity contribution in [1.29, 1.82) is 0 Å². The van der Waals surface area contributed by atoms with E-state index in [-0.39, 0.29) is 61.2 Å². The molecule has 1 aliphatic heterocycles. The van der Waals surface area contributed by atoms with Gasteiger partial charge in [0, 0.05) is 57.5 Å². The molecule has 0 unspecified atom stereocenters. The van der Waals surface area contributed by atoms with Gasteiger partial charge in [0.05, 0.1) is 18.1 Å². The SMILES string of the molecule is CO[C@H]1CN(C)C(=O)c2ccc(NC(=O)C3CC3)cc2OC[C@@H](C)N(CCC(F)(F)F)C[C@H]1C. The molecule has 1 saturated carbocycles. The quantitative estimate of drug-likeness (QED) is 0.687. The molecule has 1 fully saturated rings. The van der Waals surface area contributed by atoms with Crippen LogP contribution >= 0.6 is 0 Å². The predicted octanol–water partition coefficient (Wildman–Crippen LogP) is 3.79. The summed E-state index contributed by atoms with van der Waals surface area (Å²) in [5, 5.41) is 2.85. The lowest BCUT2D eigenvalue weighted by Crippen LogP contribution is -2.47. The number of hydrogen-bond acceptors (Lipinski definition) is 5. The fourth-order valence-electron chi connectivity index (χ4n) is 4.10. The molecule has 0 radical (unpaired) electrons. The largest absolute Gasteiger partial charge is 0.491 e. The molecular weight excluding hydrogens is 451 g/mol. The van der Waals surface area contributed by atoms with Gasteiger partial charge < -0.3 is 19.7 Å². The van der Waals surface area contributed by atoms with Crippen LogP contribution in [0.3, 0.4) is 0 Å². The summed E-state index contributed by atoms with van der Waals surface area (Å²) in [4.78, 5) is 28.7. The van der Waals surface area contributed by atoms with E-state index < -0.39 is 12.6 Å². The van der Waals surface area contributed by atoms with Gasteiger partial charge in [0.1, 0.15) is 12.4 Å². The number of carbonyl (C=O) groups is 2. The summed E-state index contributed by atoms with van der Waals surface area (Å²) in [6, 6.07) is 4.54. The maximum Gasteiger partial charge on any atom is 0.390 e. The fourth-order valence-corrected chi connectivity index (χ4v) is 4.10. The minimum atomic E-state index is -4.26. The van der Waals surface area contributed by atoms with Crippen molar-refractivity contribution in [1.82, 2.24) is 9.80 Å². The van der Waals surface area contributed by atoms with Crippen LogP contribution in [0, 0.1) is 11.8 Å². The Hall–Kier alpha value is -2.33. The van der Waals surface area contributed by atoms with Crippen molar-refractivity contribution in [3.05, 3.63) is 23.8 Å². The van der Waals surface area contributed by atoms with Crippen LogP contribution in [0.25, 0.3) is 0 Å². The lowest BCUT2D eigenvalue weighted by Gasteiger charge is -2.36. The third-order valence-corrected chi connectivity index (χ3v) is 6.47. The first-order valence-electron chi connectivity index (χ1n) is 11.6. The number of nitrogens with zero attached hydrogens (tertiary/aromatic N) is 2. The van der Waals surface area contributed by atoms with E-state index in [2.05, 4.69) is 5.32 Å². The molecular formula is C24H34F3N3O4. The van der Waals surface area contributed by atoms with Crippen LogP contribution in [-0.4, -0.2) is 80.3 Å². The van der Waals surface area contributed by atoms with Crippen molar-refractivity contribution < 1.29 is 32.2 Å². The number of likely N-dealkylation sites (N-methyl/N-ethyl adjacent to an activating group) is 1. The molecule has 2 aliphatic rings. The second-order valence-electron chi connectivity index (χ2n) is 9.43. The highest BCUT2D eigenvalue weighted by Crippen LogP contribution is 2.32. The van der Waals surface area contributed by atoms with Crippen molar-refractivity contribution in [2.75, 3.05) is 45.7 Å². The number of methoxy groups -OCH3 is 1. The number of rotatable bonds is 5. The summed E-state index contributed by atoms with van der Waals surface area (Å²) in [6.45, 7) is 4.29. The molecule has 190 valence electrons. The topological polar surface area (TPSA) is 71.1 Å². The zero-order valence-corrected chi connectivity index (χ0v) is 20.2. The van der Waals surface area contributed by atoms with Crippen molar-refractivity contribution in [2.24, 2.45) is 11.8 Å². The molecule has 10 heteroatoms. The number of anilines is 1. The monoisotopic (exact) mass is 485 g/mol. The molecule has 0 spiro atoms. The molecule has 1 N–H and O–H groups in total. The molecule has 34 heavy (non-hydrogen) atoms. The number of nitrogens with one attached hydrogen (secondary N) is 1. The summed E-state index contributed by atoms with van der Waals surface area (Å²) in [7, 11) is 3.20. The van der Waals surface area contributed by atoms with Crippen LogP contribution in [0.4, 0.5) is 18.9 Å². The summed E-state index contributed by atoms with van der Waals surface area (Å²) in [6.07, 6.45) is -3.81. The van der Waals surface area contributed by atoms with E-state index in [1.54, 1.807) is 37.3 Å². The first kappa shape index (κ1) is 26.3. The van der Waals surface area contributed by atoms with E-state index in [1.807, 2.05) is 13.8 Å². The highest BCUT2D eigenvalue weighted by atomic mass is 19.4. The maximum atomic E-state index is 13.2. The number of fused-ring (bicyclic) bond motifs is 1. The molecule has 0 aromatic heterocycles. The van der Waals surface area contributed by atoms with Gasteiger partial charge in [-0.15, -0.1) is 0 Å². The molecule has 1 aromatic carbocycles. The lowest BCUT2D eigenvalue weighted by atomic mass is 10.0. The van der Waals surface area contributed by atoms with Crippen molar-refractivity contribution in [3.8, 4) is 5.75 Å². The summed E-state index contributed by atoms with van der Waals surface area (Å²) in [5.41, 5.74) is 0.840. The number of benzene rings is 1. The maximum absolute atomic E-state index is 13.2. The van der Waals surface area contributed by atoms with Crippen LogP contribution in [0.1, 0.15) is 43.5 Å². The third kappa shape index (κ3) is 7.09. The van der Waals surface area contributed by atoms with E-state index in [1.165, 1.54) is 4.90 Å². The standard InChI is InChI=1S/C24H34F3N3O4/c1-15-12-30(10-9-24(25,26)27)16(2)14-34-20-11-18(28-22(31)17-5-6-17)7-8-19(20)23(32)29(3)13-21(15)33-4/h7-8,11,15-17,21H,5-6,9-10,12-14H2,1-4H3,(H,28,31)/t15-,16-,21+/m1/s1. The Morgan fingerprint density at radius 2 is 1.94 bits per heavy atom. The molecule has 0 bridgehead atoms. The highest BCUT2D eigenvalue weighted by Gasteiger charge is 2.33. The van der Waals surface area contributed by atoms with Gasteiger partial charge in [-0.2, -0.15) is 13.2 Å². The van der Waals surface area contributed by atoms with Gasteiger partial charge >= 0.3 is 6.18 Å². The van der Waals surface area contributed by atoms with Crippen LogP contribution in [-0.2, 0) is 9.53 Å². The second kappa shape index (κ2) is 10.9. The molecule has 3 rings (SSSR count). The van der Waals surface area contributed by atoms with Crippen LogP contribution < -0.4 is 10.1 Å². The fraction of sp³-hybridized carbons (Fsp3) is 0.667. The Kier molecular flexibility index (Phi) is 8.46. The molecule has 7 nitrogen and oxygen atoms in total. The molecule has 1 aromatic rings. The van der Waals surface area contributed by atoms with Crippen molar-refractivity contribution in [2.45, 2.75) is 51.4 Å². The normalized spacial score (nSPS) is 25.1. The smallest absolute Gasteiger partial charge is 0.390 e. The van der Waals surface area contributed by atoms with Crippen molar-refractivity contribution in [3.63, 3.8) is 0 Å². The first-order valence-corrected chi connectivity index (χ1v) is 11.6. The Balaban J connectivity index is 1.88. The first-order chi connectivity index (χ1) is 16.0. The number of halogens is 3. The molecule has 1 heterocycles. The van der Waals surface area contributed by atoms with Gasteiger partial charge in [-0.05, 0) is 37.8 Å². The summed E-state index contributed by atoms with van der Waals surface area (Å²) in [5.74, 6) is -0.137.